The van der Waals surface area contributed by atoms with Gasteiger partial charge in [0.2, 0.25) is 5.82 Å². The molecule has 2 unspecified atom stereocenters. The molecule has 0 aromatic heterocycles. The molecule has 0 radical (unpaired) electrons. The van der Waals surface area contributed by atoms with E-state index in [0.717, 1.165) is 0 Å². The minimum absolute atomic E-state index is 0.282. The summed E-state index contributed by atoms with van der Waals surface area (Å²) in [7, 11) is 0. The highest BCUT2D eigenvalue weighted by molar-refractivity contribution is 5.95. The zero-order valence-corrected chi connectivity index (χ0v) is 11.1. The van der Waals surface area contributed by atoms with E-state index in [9.17, 15) is 23.7 Å². The number of carbonyl (C=O) groups excluding carboxylic acids is 1. The van der Waals surface area contributed by atoms with Crippen LogP contribution < -0.4 is 0 Å². The summed E-state index contributed by atoms with van der Waals surface area (Å²) < 4.78 is 27.3. The van der Waals surface area contributed by atoms with Crippen LogP contribution in [0.5, 0.6) is 0 Å². The number of amides is 1. The number of nitro benzene ring substituents is 1. The molecule has 7 heteroatoms. The molecule has 1 fully saturated rings. The molecule has 5 nitrogen and oxygen atoms in total. The molecule has 0 bridgehead atoms. The van der Waals surface area contributed by atoms with Gasteiger partial charge in [0, 0.05) is 13.1 Å². The van der Waals surface area contributed by atoms with E-state index >= 15 is 0 Å². The topological polar surface area (TPSA) is 63.5 Å². The molecule has 20 heavy (non-hydrogen) atoms. The maximum atomic E-state index is 13.8. The Labute approximate surface area is 114 Å². The van der Waals surface area contributed by atoms with Crippen LogP contribution in [0.25, 0.3) is 0 Å². The van der Waals surface area contributed by atoms with Crippen molar-refractivity contribution in [3.8, 4) is 0 Å². The van der Waals surface area contributed by atoms with E-state index in [1.165, 1.54) is 4.90 Å². The number of likely N-dealkylation sites (tertiary alicyclic amines) is 1. The van der Waals surface area contributed by atoms with Crippen LogP contribution in [0.3, 0.4) is 0 Å². The Morgan fingerprint density at radius 1 is 1.25 bits per heavy atom. The molecule has 1 aromatic carbocycles. The molecule has 1 heterocycles. The third-order valence-electron chi connectivity index (χ3n) is 3.74. The number of hydrogen-bond acceptors (Lipinski definition) is 3. The molecule has 0 N–H and O–H groups in total. The zero-order valence-electron chi connectivity index (χ0n) is 11.1. The zero-order chi connectivity index (χ0) is 15.0. The summed E-state index contributed by atoms with van der Waals surface area (Å²) in [6.07, 6.45) is 0. The maximum absolute atomic E-state index is 13.8. The van der Waals surface area contributed by atoms with Crippen LogP contribution in [0.4, 0.5) is 14.5 Å². The summed E-state index contributed by atoms with van der Waals surface area (Å²) in [4.78, 5) is 23.1. The van der Waals surface area contributed by atoms with E-state index in [-0.39, 0.29) is 11.8 Å². The van der Waals surface area contributed by atoms with E-state index in [4.69, 9.17) is 0 Å². The molecule has 1 saturated heterocycles. The minimum Gasteiger partial charge on any atom is -0.338 e. The van der Waals surface area contributed by atoms with E-state index < -0.39 is 33.7 Å². The highest BCUT2D eigenvalue weighted by Gasteiger charge is 2.32. The predicted molar refractivity (Wildman–Crippen MR) is 67.2 cm³/mol. The molecule has 2 rings (SSSR count). The molecule has 1 amide bonds. The number of carbonyl (C=O) groups is 1. The van der Waals surface area contributed by atoms with Crippen LogP contribution in [-0.2, 0) is 0 Å². The van der Waals surface area contributed by atoms with Gasteiger partial charge >= 0.3 is 5.69 Å². The highest BCUT2D eigenvalue weighted by atomic mass is 19.1. The minimum atomic E-state index is -1.21. The van der Waals surface area contributed by atoms with Crippen molar-refractivity contribution in [3.63, 3.8) is 0 Å². The number of rotatable bonds is 2. The van der Waals surface area contributed by atoms with Crippen LogP contribution in [0.1, 0.15) is 24.2 Å². The Bertz CT molecular complexity index is 567. The highest BCUT2D eigenvalue weighted by Crippen LogP contribution is 2.27. The second-order valence-electron chi connectivity index (χ2n) is 5.21. The van der Waals surface area contributed by atoms with Gasteiger partial charge in [-0.3, -0.25) is 14.9 Å². The molecule has 0 saturated carbocycles. The quantitative estimate of drug-likeness (QED) is 0.619. The van der Waals surface area contributed by atoms with Gasteiger partial charge in [-0.25, -0.2) is 4.39 Å². The van der Waals surface area contributed by atoms with Crippen molar-refractivity contribution in [3.05, 3.63) is 39.4 Å². The Hall–Kier alpha value is -2.05. The lowest BCUT2D eigenvalue weighted by Gasteiger charge is -2.16. The fraction of sp³-hybridized carbons (Fsp3) is 0.462. The van der Waals surface area contributed by atoms with Crippen LogP contribution >= 0.6 is 0 Å². The first-order valence-corrected chi connectivity index (χ1v) is 6.24. The fourth-order valence-corrected chi connectivity index (χ4v) is 2.31. The third-order valence-corrected chi connectivity index (χ3v) is 3.74. The third kappa shape index (κ3) is 2.48. The summed E-state index contributed by atoms with van der Waals surface area (Å²) in [5, 5.41) is 10.5. The van der Waals surface area contributed by atoms with Crippen molar-refractivity contribution in [2.24, 2.45) is 11.8 Å². The summed E-state index contributed by atoms with van der Waals surface area (Å²) >= 11 is 0. The molecule has 0 aliphatic carbocycles. The molecular formula is C13H14F2N2O3. The Morgan fingerprint density at radius 2 is 1.80 bits per heavy atom. The molecule has 1 aromatic rings. The van der Waals surface area contributed by atoms with Gasteiger partial charge in [0.1, 0.15) is 5.82 Å². The van der Waals surface area contributed by atoms with E-state index in [0.29, 0.717) is 25.2 Å². The average Bonchev–Trinajstić information content (AvgIpc) is 2.71. The average molecular weight is 284 g/mol. The lowest BCUT2D eigenvalue weighted by atomic mass is 10.0. The van der Waals surface area contributed by atoms with Crippen molar-refractivity contribution >= 4 is 11.6 Å². The number of hydrogen-bond donors (Lipinski definition) is 0. The van der Waals surface area contributed by atoms with Gasteiger partial charge in [0.05, 0.1) is 16.6 Å². The van der Waals surface area contributed by atoms with E-state index in [2.05, 4.69) is 0 Å². The van der Waals surface area contributed by atoms with Crippen molar-refractivity contribution in [1.29, 1.82) is 0 Å². The van der Waals surface area contributed by atoms with Crippen molar-refractivity contribution < 1.29 is 18.5 Å². The molecule has 108 valence electrons. The smallest absolute Gasteiger partial charge is 0.307 e. The van der Waals surface area contributed by atoms with Gasteiger partial charge < -0.3 is 4.90 Å². The van der Waals surface area contributed by atoms with Crippen LogP contribution in [0, 0.1) is 33.6 Å². The number of benzene rings is 1. The fourth-order valence-electron chi connectivity index (χ4n) is 2.31. The second kappa shape index (κ2) is 5.15. The first-order valence-electron chi connectivity index (χ1n) is 6.24. The van der Waals surface area contributed by atoms with Gasteiger partial charge in [-0.1, -0.05) is 13.8 Å². The maximum Gasteiger partial charge on any atom is 0.307 e. The van der Waals surface area contributed by atoms with Gasteiger partial charge in [0.15, 0.2) is 0 Å². The van der Waals surface area contributed by atoms with Crippen LogP contribution in [-0.4, -0.2) is 28.8 Å². The molecule has 1 aliphatic heterocycles. The lowest BCUT2D eigenvalue weighted by molar-refractivity contribution is -0.387. The van der Waals surface area contributed by atoms with E-state index in [1.807, 2.05) is 13.8 Å². The van der Waals surface area contributed by atoms with Gasteiger partial charge in [-0.2, -0.15) is 4.39 Å². The standard InChI is InChI=1S/C13H14F2N2O3/c1-7-5-16(6-8(7)2)13(18)9-3-11(15)12(17(19)20)4-10(9)14/h3-4,7-8H,5-6H2,1-2H3. The van der Waals surface area contributed by atoms with Gasteiger partial charge in [-0.15, -0.1) is 0 Å². The normalized spacial score (nSPS) is 22.1. The summed E-state index contributed by atoms with van der Waals surface area (Å²) in [5.41, 5.74) is -1.43. The van der Waals surface area contributed by atoms with Crippen molar-refractivity contribution in [1.82, 2.24) is 4.90 Å². The van der Waals surface area contributed by atoms with Crippen LogP contribution in [0.15, 0.2) is 12.1 Å². The lowest BCUT2D eigenvalue weighted by Crippen LogP contribution is -2.29. The Morgan fingerprint density at radius 3 is 2.30 bits per heavy atom. The van der Waals surface area contributed by atoms with Gasteiger partial charge in [-0.05, 0) is 17.9 Å². The number of nitro groups is 1. The summed E-state index contributed by atoms with van der Waals surface area (Å²) in [6.45, 7) is 4.89. The van der Waals surface area contributed by atoms with E-state index in [1.54, 1.807) is 0 Å². The van der Waals surface area contributed by atoms with Crippen molar-refractivity contribution in [2.75, 3.05) is 13.1 Å². The molecule has 0 spiro atoms. The predicted octanol–water partition coefficient (Wildman–Crippen LogP) is 2.60. The first kappa shape index (κ1) is 14.4. The van der Waals surface area contributed by atoms with Crippen molar-refractivity contribution in [2.45, 2.75) is 13.8 Å². The summed E-state index contributed by atoms with van der Waals surface area (Å²) in [5.74, 6) is -2.35. The molecule has 1 aliphatic rings. The monoisotopic (exact) mass is 284 g/mol. The molecule has 2 atom stereocenters. The largest absolute Gasteiger partial charge is 0.338 e. The first-order chi connectivity index (χ1) is 9.31. The van der Waals surface area contributed by atoms with Gasteiger partial charge in [0.25, 0.3) is 5.91 Å². The Kier molecular flexibility index (Phi) is 3.69. The second-order valence-corrected chi connectivity index (χ2v) is 5.21. The summed E-state index contributed by atoms with van der Waals surface area (Å²) in [6, 6.07) is 1.05. The Balaban J connectivity index is 2.32. The SMILES string of the molecule is CC1CN(C(=O)c2cc(F)c([N+](=O)[O-])cc2F)CC1C. The van der Waals surface area contributed by atoms with Crippen LogP contribution in [0.2, 0.25) is 0 Å². The number of nitrogens with zero attached hydrogens (tertiary/aromatic N) is 2. The number of halogens is 2. The molecular weight excluding hydrogens is 270 g/mol.